The summed E-state index contributed by atoms with van der Waals surface area (Å²) >= 11 is 1.80. The lowest BCUT2D eigenvalue weighted by Crippen LogP contribution is -2.39. The molecule has 0 bridgehead atoms. The Bertz CT molecular complexity index is 910. The molecule has 0 fully saturated rings. The van der Waals surface area contributed by atoms with Crippen LogP contribution < -0.4 is 10.0 Å². The number of aromatic nitrogens is 2. The van der Waals surface area contributed by atoms with Gasteiger partial charge in [-0.05, 0) is 44.7 Å². The van der Waals surface area contributed by atoms with Crippen LogP contribution in [-0.4, -0.2) is 55.9 Å². The first-order chi connectivity index (χ1) is 14.0. The molecule has 2 aromatic heterocycles. The number of guanidine groups is 1. The minimum Gasteiger partial charge on any atom is -0.357 e. The summed E-state index contributed by atoms with van der Waals surface area (Å²) in [6.07, 6.45) is 7.58. The molecular formula is C19H29IN6O2S2. The van der Waals surface area contributed by atoms with Gasteiger partial charge in [0.1, 0.15) is 9.90 Å². The number of nitrogens with zero attached hydrogens (tertiary/aromatic N) is 4. The maximum absolute atomic E-state index is 12.2. The highest BCUT2D eigenvalue weighted by Gasteiger charge is 2.17. The molecule has 30 heavy (non-hydrogen) atoms. The minimum absolute atomic E-state index is 0. The van der Waals surface area contributed by atoms with Crippen molar-refractivity contribution in [2.24, 2.45) is 4.99 Å². The van der Waals surface area contributed by atoms with Crippen molar-refractivity contribution in [1.29, 1.82) is 0 Å². The third-order valence-electron chi connectivity index (χ3n) is 4.57. The third kappa shape index (κ3) is 6.86. The van der Waals surface area contributed by atoms with Gasteiger partial charge in [0, 0.05) is 37.4 Å². The number of aliphatic imine (C=N–C) groups is 1. The van der Waals surface area contributed by atoms with E-state index < -0.39 is 10.0 Å². The van der Waals surface area contributed by atoms with Gasteiger partial charge in [0.2, 0.25) is 10.0 Å². The fourth-order valence-corrected chi connectivity index (χ4v) is 5.35. The van der Waals surface area contributed by atoms with Crippen LogP contribution in [0, 0.1) is 0 Å². The van der Waals surface area contributed by atoms with Crippen LogP contribution >= 0.6 is 35.3 Å². The highest BCUT2D eigenvalue weighted by atomic mass is 127. The smallest absolute Gasteiger partial charge is 0.242 e. The van der Waals surface area contributed by atoms with E-state index in [9.17, 15) is 8.42 Å². The zero-order valence-electron chi connectivity index (χ0n) is 17.3. The van der Waals surface area contributed by atoms with Gasteiger partial charge < -0.3 is 10.2 Å². The molecule has 0 aliphatic heterocycles. The number of hydrogen-bond donors (Lipinski definition) is 2. The summed E-state index contributed by atoms with van der Waals surface area (Å²) in [5.41, 5.74) is 1.26. The van der Waals surface area contributed by atoms with Crippen molar-refractivity contribution in [3.8, 4) is 0 Å². The Balaban J connectivity index is 0.00000320. The van der Waals surface area contributed by atoms with Crippen molar-refractivity contribution in [2.45, 2.75) is 44.0 Å². The number of pyridine rings is 1. The molecule has 166 valence electrons. The zero-order valence-corrected chi connectivity index (χ0v) is 21.3. The maximum Gasteiger partial charge on any atom is 0.242 e. The summed E-state index contributed by atoms with van der Waals surface area (Å²) in [5.74, 6) is 0.737. The molecule has 0 saturated carbocycles. The summed E-state index contributed by atoms with van der Waals surface area (Å²) in [7, 11) is -1.59. The van der Waals surface area contributed by atoms with Crippen molar-refractivity contribution in [3.05, 3.63) is 40.1 Å². The Hall–Kier alpha value is -1.31. The first-order valence-electron chi connectivity index (χ1n) is 9.86. The van der Waals surface area contributed by atoms with Crippen LogP contribution in [0.1, 0.15) is 35.3 Å². The van der Waals surface area contributed by atoms with Crippen molar-refractivity contribution in [3.63, 3.8) is 0 Å². The maximum atomic E-state index is 12.2. The summed E-state index contributed by atoms with van der Waals surface area (Å²) in [6.45, 7) is 3.98. The molecule has 0 unspecified atom stereocenters. The predicted molar refractivity (Wildman–Crippen MR) is 131 cm³/mol. The predicted octanol–water partition coefficient (Wildman–Crippen LogP) is 2.41. The second kappa shape index (κ2) is 11.9. The fraction of sp³-hybridized carbons (Fsp3) is 0.526. The molecule has 11 heteroatoms. The first kappa shape index (κ1) is 25.0. The average molecular weight is 565 g/mol. The van der Waals surface area contributed by atoms with Gasteiger partial charge in [0.25, 0.3) is 0 Å². The topological polar surface area (TPSA) is 99.6 Å². The Morgan fingerprint density at radius 2 is 2.13 bits per heavy atom. The molecule has 0 aromatic carbocycles. The van der Waals surface area contributed by atoms with E-state index in [1.54, 1.807) is 23.6 Å². The second-order valence-corrected chi connectivity index (χ2v) is 9.80. The normalized spacial score (nSPS) is 14.0. The highest BCUT2D eigenvalue weighted by molar-refractivity contribution is 14.0. The Kier molecular flexibility index (Phi) is 9.91. The van der Waals surface area contributed by atoms with Crippen LogP contribution in [-0.2, 0) is 29.4 Å². The molecular weight excluding hydrogens is 535 g/mol. The zero-order chi connectivity index (χ0) is 20.7. The van der Waals surface area contributed by atoms with Crippen LogP contribution in [0.5, 0.6) is 0 Å². The van der Waals surface area contributed by atoms with Gasteiger partial charge in [0.15, 0.2) is 5.96 Å². The van der Waals surface area contributed by atoms with Crippen molar-refractivity contribution >= 4 is 51.3 Å². The molecule has 2 heterocycles. The van der Waals surface area contributed by atoms with E-state index in [0.29, 0.717) is 13.1 Å². The second-order valence-electron chi connectivity index (χ2n) is 6.86. The number of rotatable bonds is 8. The van der Waals surface area contributed by atoms with Crippen molar-refractivity contribution in [1.82, 2.24) is 24.9 Å². The molecule has 0 spiro atoms. The number of aryl methyl sites for hydroxylation is 2. The van der Waals surface area contributed by atoms with Gasteiger partial charge in [-0.1, -0.05) is 0 Å². The molecule has 8 nitrogen and oxygen atoms in total. The van der Waals surface area contributed by atoms with Crippen LogP contribution in [0.4, 0.5) is 0 Å². The SMILES string of the molecule is CCNC(=NCCNS(=O)(=O)c1cccnc1)N(C)Cc1nc2c(s1)CCCC2.I. The Morgan fingerprint density at radius 3 is 2.83 bits per heavy atom. The monoisotopic (exact) mass is 564 g/mol. The van der Waals surface area contributed by atoms with Gasteiger partial charge >= 0.3 is 0 Å². The molecule has 0 atom stereocenters. The Morgan fingerprint density at radius 1 is 1.33 bits per heavy atom. The van der Waals surface area contributed by atoms with Gasteiger partial charge in [-0.15, -0.1) is 35.3 Å². The van der Waals surface area contributed by atoms with E-state index in [2.05, 4.69) is 20.0 Å². The number of hydrogen-bond acceptors (Lipinski definition) is 6. The average Bonchev–Trinajstić information content (AvgIpc) is 3.13. The van der Waals surface area contributed by atoms with Gasteiger partial charge in [-0.3, -0.25) is 9.98 Å². The van der Waals surface area contributed by atoms with Crippen molar-refractivity contribution < 1.29 is 8.42 Å². The molecule has 0 saturated heterocycles. The molecule has 3 rings (SSSR count). The van der Waals surface area contributed by atoms with Crippen LogP contribution in [0.15, 0.2) is 34.4 Å². The standard InChI is InChI=1S/C19H28N6O2S2.HI/c1-3-21-19(22-11-12-23-29(26,27)15-7-6-10-20-13-15)25(2)14-18-24-16-8-4-5-9-17(16)28-18;/h6-7,10,13,23H,3-5,8-9,11-12,14H2,1-2H3,(H,21,22);1H. The van der Waals surface area contributed by atoms with E-state index in [0.717, 1.165) is 30.4 Å². The van der Waals surface area contributed by atoms with Crippen LogP contribution in [0.3, 0.4) is 0 Å². The fourth-order valence-electron chi connectivity index (χ4n) is 3.15. The molecule has 1 aliphatic carbocycles. The highest BCUT2D eigenvalue weighted by Crippen LogP contribution is 2.27. The van der Waals surface area contributed by atoms with Gasteiger partial charge in [-0.25, -0.2) is 18.1 Å². The third-order valence-corrected chi connectivity index (χ3v) is 7.16. The molecule has 2 aromatic rings. The van der Waals surface area contributed by atoms with Gasteiger partial charge in [-0.2, -0.15) is 0 Å². The van der Waals surface area contributed by atoms with Crippen molar-refractivity contribution in [2.75, 3.05) is 26.7 Å². The minimum atomic E-state index is -3.57. The van der Waals surface area contributed by atoms with E-state index in [4.69, 9.17) is 4.98 Å². The van der Waals surface area contributed by atoms with Gasteiger partial charge in [0.05, 0.1) is 18.8 Å². The summed E-state index contributed by atoms with van der Waals surface area (Å²) in [5, 5.41) is 4.36. The van der Waals surface area contributed by atoms with E-state index in [1.807, 2.05) is 18.9 Å². The number of thiazole rings is 1. The number of sulfonamides is 1. The van der Waals surface area contributed by atoms with Crippen LogP contribution in [0.25, 0.3) is 0 Å². The molecule has 0 amide bonds. The summed E-state index contributed by atoms with van der Waals surface area (Å²) < 4.78 is 27.0. The van der Waals surface area contributed by atoms with E-state index >= 15 is 0 Å². The van der Waals surface area contributed by atoms with E-state index in [1.165, 1.54) is 35.7 Å². The lowest BCUT2D eigenvalue weighted by molar-refractivity contribution is 0.474. The summed E-state index contributed by atoms with van der Waals surface area (Å²) in [4.78, 5) is 16.8. The number of halogens is 1. The van der Waals surface area contributed by atoms with Crippen LogP contribution in [0.2, 0.25) is 0 Å². The lowest BCUT2D eigenvalue weighted by Gasteiger charge is -2.21. The summed E-state index contributed by atoms with van der Waals surface area (Å²) in [6, 6.07) is 3.12. The molecule has 2 N–H and O–H groups in total. The molecule has 0 radical (unpaired) electrons. The number of fused-ring (bicyclic) bond motifs is 1. The molecule has 1 aliphatic rings. The number of nitrogens with one attached hydrogen (secondary N) is 2. The largest absolute Gasteiger partial charge is 0.357 e. The first-order valence-corrected chi connectivity index (χ1v) is 12.2. The van der Waals surface area contributed by atoms with E-state index in [-0.39, 0.29) is 35.4 Å². The quantitative estimate of drug-likeness (QED) is 0.221. The lowest BCUT2D eigenvalue weighted by atomic mass is 10.0. The Labute approximate surface area is 199 Å².